The summed E-state index contributed by atoms with van der Waals surface area (Å²) in [4.78, 5) is 29.7. The average Bonchev–Trinajstić information content (AvgIpc) is 2.26. The van der Waals surface area contributed by atoms with Crippen molar-refractivity contribution in [2.75, 3.05) is 5.32 Å². The molecule has 0 saturated carbocycles. The molecule has 6 nitrogen and oxygen atoms in total. The lowest BCUT2D eigenvalue weighted by Gasteiger charge is -2.05. The largest absolute Gasteiger partial charge is 0.478 e. The molecule has 0 bridgehead atoms. The number of carboxylic acid groups (broad SMARTS) is 1. The maximum atomic E-state index is 11.6. The minimum Gasteiger partial charge on any atom is -0.478 e. The number of amides is 1. The van der Waals surface area contributed by atoms with E-state index >= 15 is 0 Å². The maximum absolute atomic E-state index is 11.6. The first kappa shape index (κ1) is 13.1. The second kappa shape index (κ2) is 5.40. The Morgan fingerprint density at radius 1 is 1.29 bits per heavy atom. The van der Waals surface area contributed by atoms with Crippen molar-refractivity contribution in [2.45, 2.75) is 13.8 Å². The Morgan fingerprint density at radius 3 is 2.47 bits per heavy atom. The molecule has 0 aliphatic carbocycles. The summed E-state index contributed by atoms with van der Waals surface area (Å²) in [6.45, 7) is 2.77. The van der Waals surface area contributed by atoms with Crippen molar-refractivity contribution in [3.63, 3.8) is 0 Å². The number of aromatic nitrogens is 2. The number of rotatable bonds is 3. The molecule has 0 aliphatic heterocycles. The minimum atomic E-state index is -1.14. The molecule has 0 spiro atoms. The average molecular weight is 256 g/mol. The fourth-order valence-corrected chi connectivity index (χ4v) is 1.09. The van der Waals surface area contributed by atoms with E-state index in [0.717, 1.165) is 0 Å². The van der Waals surface area contributed by atoms with Crippen molar-refractivity contribution in [1.29, 1.82) is 0 Å². The third-order valence-corrected chi connectivity index (χ3v) is 2.31. The molecule has 0 saturated heterocycles. The second-order valence-electron chi connectivity index (χ2n) is 3.24. The molecule has 1 rings (SSSR count). The summed E-state index contributed by atoms with van der Waals surface area (Å²) in [7, 11) is 0. The second-order valence-corrected chi connectivity index (χ2v) is 3.62. The third kappa shape index (κ3) is 3.53. The first-order valence-corrected chi connectivity index (χ1v) is 4.99. The van der Waals surface area contributed by atoms with Gasteiger partial charge in [0.15, 0.2) is 0 Å². The van der Waals surface area contributed by atoms with Gasteiger partial charge in [0.2, 0.25) is 0 Å². The van der Waals surface area contributed by atoms with E-state index in [1.807, 2.05) is 0 Å². The number of nitrogens with zero attached hydrogens (tertiary/aromatic N) is 2. The van der Waals surface area contributed by atoms with Crippen LogP contribution in [0.3, 0.4) is 0 Å². The molecule has 1 aromatic heterocycles. The van der Waals surface area contributed by atoms with Gasteiger partial charge in [0, 0.05) is 17.2 Å². The smallest absolute Gasteiger partial charge is 0.331 e. The summed E-state index contributed by atoms with van der Waals surface area (Å²) in [6, 6.07) is 1.36. The van der Waals surface area contributed by atoms with Crippen LogP contribution in [0.2, 0.25) is 5.15 Å². The van der Waals surface area contributed by atoms with E-state index < -0.39 is 11.9 Å². The van der Waals surface area contributed by atoms with Crippen LogP contribution in [0.5, 0.6) is 0 Å². The number of carbonyl (C=O) groups is 2. The Balaban J connectivity index is 2.87. The number of nitrogens with one attached hydrogen (secondary N) is 1. The van der Waals surface area contributed by atoms with E-state index in [4.69, 9.17) is 16.7 Å². The van der Waals surface area contributed by atoms with E-state index in [0.29, 0.717) is 0 Å². The van der Waals surface area contributed by atoms with Gasteiger partial charge in [0.1, 0.15) is 17.3 Å². The summed E-state index contributed by atoms with van der Waals surface area (Å²) in [5.41, 5.74) is 0.0786. The van der Waals surface area contributed by atoms with Crippen molar-refractivity contribution >= 4 is 29.3 Å². The van der Waals surface area contributed by atoms with Crippen LogP contribution in [-0.2, 0) is 9.59 Å². The molecular formula is C10H10ClN3O3. The minimum absolute atomic E-state index is 0.0253. The Kier molecular flexibility index (Phi) is 4.17. The molecule has 1 amide bonds. The molecule has 0 radical (unpaired) electrons. The van der Waals surface area contributed by atoms with Crippen LogP contribution in [0.15, 0.2) is 23.5 Å². The van der Waals surface area contributed by atoms with Crippen LogP contribution in [0.4, 0.5) is 5.82 Å². The van der Waals surface area contributed by atoms with Crippen LogP contribution in [0, 0.1) is 0 Å². The van der Waals surface area contributed by atoms with Gasteiger partial charge in [0.25, 0.3) is 5.91 Å². The molecule has 1 aromatic rings. The standard InChI is InChI=1S/C10H10ClN3O3/c1-5(6(2)10(16)17)9(15)14-8-3-7(11)12-4-13-8/h3-4H,1-2H3,(H,16,17)(H,12,13,14,15)/b6-5+. The number of hydrogen-bond donors (Lipinski definition) is 2. The SMILES string of the molecule is C/C(C(=O)O)=C(/C)C(=O)Nc1cc(Cl)ncn1. The maximum Gasteiger partial charge on any atom is 0.331 e. The fraction of sp³-hybridized carbons (Fsp3) is 0.200. The van der Waals surface area contributed by atoms with Crippen molar-refractivity contribution in [3.8, 4) is 0 Å². The van der Waals surface area contributed by atoms with E-state index in [-0.39, 0.29) is 22.1 Å². The van der Waals surface area contributed by atoms with Crippen LogP contribution in [0.25, 0.3) is 0 Å². The van der Waals surface area contributed by atoms with E-state index in [1.54, 1.807) is 0 Å². The Hall–Kier alpha value is -1.95. The zero-order chi connectivity index (χ0) is 13.0. The number of carboxylic acids is 1. The highest BCUT2D eigenvalue weighted by molar-refractivity contribution is 6.29. The molecule has 0 aliphatic rings. The lowest BCUT2D eigenvalue weighted by Crippen LogP contribution is -2.17. The molecule has 7 heteroatoms. The number of aliphatic carboxylic acids is 1. The molecule has 90 valence electrons. The van der Waals surface area contributed by atoms with Gasteiger partial charge >= 0.3 is 5.97 Å². The predicted octanol–water partition coefficient (Wildman–Crippen LogP) is 1.49. The van der Waals surface area contributed by atoms with Gasteiger partial charge in [0.05, 0.1) is 0 Å². The lowest BCUT2D eigenvalue weighted by molar-refractivity contribution is -0.133. The zero-order valence-corrected chi connectivity index (χ0v) is 9.95. The van der Waals surface area contributed by atoms with E-state index in [1.165, 1.54) is 26.2 Å². The number of hydrogen-bond acceptors (Lipinski definition) is 4. The topological polar surface area (TPSA) is 92.2 Å². The van der Waals surface area contributed by atoms with Crippen LogP contribution < -0.4 is 5.32 Å². The highest BCUT2D eigenvalue weighted by atomic mass is 35.5. The third-order valence-electron chi connectivity index (χ3n) is 2.10. The molecule has 0 fully saturated rings. The fourth-order valence-electron chi connectivity index (χ4n) is 0.943. The van der Waals surface area contributed by atoms with Gasteiger partial charge in [-0.15, -0.1) is 0 Å². The monoisotopic (exact) mass is 255 g/mol. The number of carbonyl (C=O) groups excluding carboxylic acids is 1. The highest BCUT2D eigenvalue weighted by Crippen LogP contribution is 2.11. The zero-order valence-electron chi connectivity index (χ0n) is 9.19. The van der Waals surface area contributed by atoms with Gasteiger partial charge in [-0.2, -0.15) is 0 Å². The molecule has 0 aromatic carbocycles. The van der Waals surface area contributed by atoms with Crippen LogP contribution in [-0.4, -0.2) is 27.0 Å². The van der Waals surface area contributed by atoms with Gasteiger partial charge in [-0.3, -0.25) is 4.79 Å². The summed E-state index contributed by atoms with van der Waals surface area (Å²) in [5, 5.41) is 11.3. The first-order chi connectivity index (χ1) is 7.91. The summed E-state index contributed by atoms with van der Waals surface area (Å²) < 4.78 is 0. The molecule has 17 heavy (non-hydrogen) atoms. The van der Waals surface area contributed by atoms with Crippen LogP contribution >= 0.6 is 11.6 Å². The molecule has 0 atom stereocenters. The molecule has 0 unspecified atom stereocenters. The quantitative estimate of drug-likeness (QED) is 0.631. The summed E-state index contributed by atoms with van der Waals surface area (Å²) >= 11 is 5.61. The van der Waals surface area contributed by atoms with Crippen molar-refractivity contribution in [1.82, 2.24) is 9.97 Å². The summed E-state index contributed by atoms with van der Waals surface area (Å²) in [5.74, 6) is -1.47. The predicted molar refractivity (Wildman–Crippen MR) is 61.7 cm³/mol. The van der Waals surface area contributed by atoms with Crippen molar-refractivity contribution in [3.05, 3.63) is 28.7 Å². The lowest BCUT2D eigenvalue weighted by atomic mass is 10.1. The molecule has 1 heterocycles. The number of halogens is 1. The highest BCUT2D eigenvalue weighted by Gasteiger charge is 2.13. The van der Waals surface area contributed by atoms with Crippen molar-refractivity contribution < 1.29 is 14.7 Å². The Labute approximate surface area is 102 Å². The van der Waals surface area contributed by atoms with Crippen LogP contribution in [0.1, 0.15) is 13.8 Å². The van der Waals surface area contributed by atoms with Crippen molar-refractivity contribution in [2.24, 2.45) is 0 Å². The van der Waals surface area contributed by atoms with Gasteiger partial charge in [-0.05, 0) is 13.8 Å². The normalized spacial score (nSPS) is 11.7. The molecular weight excluding hydrogens is 246 g/mol. The number of anilines is 1. The van der Waals surface area contributed by atoms with E-state index in [9.17, 15) is 9.59 Å². The first-order valence-electron chi connectivity index (χ1n) is 4.61. The summed E-state index contributed by atoms with van der Waals surface area (Å²) in [6.07, 6.45) is 1.20. The Morgan fingerprint density at radius 2 is 1.94 bits per heavy atom. The van der Waals surface area contributed by atoms with Gasteiger partial charge in [-0.25, -0.2) is 14.8 Å². The molecule has 2 N–H and O–H groups in total. The van der Waals surface area contributed by atoms with E-state index in [2.05, 4.69) is 15.3 Å². The Bertz CT molecular complexity index is 499. The van der Waals surface area contributed by atoms with Gasteiger partial charge < -0.3 is 10.4 Å². The van der Waals surface area contributed by atoms with Gasteiger partial charge in [-0.1, -0.05) is 11.6 Å².